The van der Waals surface area contributed by atoms with Crippen molar-refractivity contribution in [2.24, 2.45) is 0 Å². The lowest BCUT2D eigenvalue weighted by Crippen LogP contribution is -2.57. The number of aliphatic carboxylic acids is 1. The molecule has 1 aliphatic heterocycles. The summed E-state index contributed by atoms with van der Waals surface area (Å²) in [6.07, 6.45) is 1.51. The van der Waals surface area contributed by atoms with E-state index >= 15 is 0 Å². The van der Waals surface area contributed by atoms with Gasteiger partial charge in [-0.15, -0.1) is 0 Å². The van der Waals surface area contributed by atoms with Gasteiger partial charge in [0.25, 0.3) is 0 Å². The van der Waals surface area contributed by atoms with Crippen LogP contribution in [0.4, 0.5) is 4.79 Å². The zero-order valence-corrected chi connectivity index (χ0v) is 16.9. The Morgan fingerprint density at radius 1 is 1.19 bits per heavy atom. The lowest BCUT2D eigenvalue weighted by atomic mass is 10.0. The second kappa shape index (κ2) is 9.05. The number of hydrogen-bond acceptors (Lipinski definition) is 5. The van der Waals surface area contributed by atoms with E-state index in [2.05, 4.69) is 5.32 Å². The summed E-state index contributed by atoms with van der Waals surface area (Å²) in [6.45, 7) is 8.55. The molecule has 3 amide bonds. The summed E-state index contributed by atoms with van der Waals surface area (Å²) >= 11 is 0. The number of rotatable bonds is 5. The molecule has 0 aliphatic carbocycles. The minimum Gasteiger partial charge on any atom is -0.480 e. The molecular weight excluding hydrogens is 354 g/mol. The molecule has 3 atom stereocenters. The molecule has 27 heavy (non-hydrogen) atoms. The maximum atomic E-state index is 12.9. The van der Waals surface area contributed by atoms with E-state index in [9.17, 15) is 19.2 Å². The van der Waals surface area contributed by atoms with Crippen LogP contribution in [0.3, 0.4) is 0 Å². The van der Waals surface area contributed by atoms with Crippen molar-refractivity contribution in [2.75, 3.05) is 13.6 Å². The van der Waals surface area contributed by atoms with E-state index in [1.165, 1.54) is 30.7 Å². The van der Waals surface area contributed by atoms with Gasteiger partial charge in [-0.25, -0.2) is 4.79 Å². The van der Waals surface area contributed by atoms with Gasteiger partial charge in [0.15, 0.2) is 0 Å². The van der Waals surface area contributed by atoms with E-state index in [-0.39, 0.29) is 5.91 Å². The molecule has 0 aromatic heterocycles. The molecule has 1 rings (SSSR count). The third kappa shape index (κ3) is 6.41. The highest BCUT2D eigenvalue weighted by atomic mass is 16.6. The monoisotopic (exact) mass is 385 g/mol. The van der Waals surface area contributed by atoms with E-state index in [1.54, 1.807) is 20.8 Å². The van der Waals surface area contributed by atoms with Crippen LogP contribution in [0.5, 0.6) is 0 Å². The number of carboxylic acids is 1. The molecule has 9 heteroatoms. The Morgan fingerprint density at radius 3 is 2.30 bits per heavy atom. The second-order valence-electron chi connectivity index (χ2n) is 7.88. The second-order valence-corrected chi connectivity index (χ2v) is 7.88. The number of hydrogen-bond donors (Lipinski definition) is 2. The summed E-state index contributed by atoms with van der Waals surface area (Å²) in [5.74, 6) is -2.10. The van der Waals surface area contributed by atoms with Crippen LogP contribution in [-0.4, -0.2) is 76.1 Å². The number of amides is 3. The maximum Gasteiger partial charge on any atom is 0.410 e. The number of carboxylic acid groups (broad SMARTS) is 1. The first-order chi connectivity index (χ1) is 12.3. The van der Waals surface area contributed by atoms with Gasteiger partial charge < -0.3 is 20.1 Å². The number of likely N-dealkylation sites (N-methyl/N-ethyl adjacent to an activating group) is 1. The Bertz CT molecular complexity index is 586. The Balaban J connectivity index is 2.85. The highest BCUT2D eigenvalue weighted by Gasteiger charge is 2.38. The number of nitrogens with one attached hydrogen (secondary N) is 1. The quantitative estimate of drug-likeness (QED) is 0.735. The number of ether oxygens (including phenoxy) is 1. The van der Waals surface area contributed by atoms with Crippen molar-refractivity contribution in [2.45, 2.75) is 77.6 Å². The van der Waals surface area contributed by atoms with E-state index in [1.807, 2.05) is 0 Å². The average molecular weight is 385 g/mol. The molecule has 154 valence electrons. The van der Waals surface area contributed by atoms with Gasteiger partial charge in [0.05, 0.1) is 0 Å². The summed E-state index contributed by atoms with van der Waals surface area (Å²) in [7, 11) is 1.47. The number of likely N-dealkylation sites (tertiary alicyclic amines) is 1. The zero-order chi connectivity index (χ0) is 20.9. The summed E-state index contributed by atoms with van der Waals surface area (Å²) < 4.78 is 5.40. The lowest BCUT2D eigenvalue weighted by Gasteiger charge is -2.38. The normalized spacial score (nSPS) is 19.6. The number of carbonyl (C=O) groups is 4. The van der Waals surface area contributed by atoms with Crippen LogP contribution in [0.25, 0.3) is 0 Å². The fourth-order valence-corrected chi connectivity index (χ4v) is 2.72. The topological polar surface area (TPSA) is 116 Å². The lowest BCUT2D eigenvalue weighted by molar-refractivity contribution is -0.145. The third-order valence-corrected chi connectivity index (χ3v) is 4.45. The fourth-order valence-electron chi connectivity index (χ4n) is 2.72. The Labute approximate surface area is 160 Å². The minimum absolute atomic E-state index is 0.369. The van der Waals surface area contributed by atoms with Crippen molar-refractivity contribution >= 4 is 23.9 Å². The minimum atomic E-state index is -1.16. The van der Waals surface area contributed by atoms with Crippen LogP contribution >= 0.6 is 0 Å². The number of carbonyl (C=O) groups excluding carboxylic acids is 3. The molecule has 1 aliphatic rings. The summed E-state index contributed by atoms with van der Waals surface area (Å²) in [5, 5.41) is 11.2. The molecule has 0 spiro atoms. The maximum absolute atomic E-state index is 12.9. The SMILES string of the molecule is C[C@H](NC(=O)[C@H](C)N(C)C(=O)[C@@H]1CCCCN1C(=O)OC(C)(C)C)C(=O)O. The molecule has 1 saturated heterocycles. The van der Waals surface area contributed by atoms with Crippen molar-refractivity contribution in [3.8, 4) is 0 Å². The zero-order valence-electron chi connectivity index (χ0n) is 16.9. The molecule has 0 aromatic carbocycles. The van der Waals surface area contributed by atoms with Gasteiger partial charge in [-0.05, 0) is 53.9 Å². The van der Waals surface area contributed by atoms with Gasteiger partial charge in [0.1, 0.15) is 23.7 Å². The molecule has 2 N–H and O–H groups in total. The summed E-state index contributed by atoms with van der Waals surface area (Å²) in [5.41, 5.74) is -0.672. The molecule has 0 bridgehead atoms. The third-order valence-electron chi connectivity index (χ3n) is 4.45. The molecule has 1 heterocycles. The van der Waals surface area contributed by atoms with Gasteiger partial charge in [-0.3, -0.25) is 19.3 Å². The molecule has 0 saturated carbocycles. The molecular formula is C18H31N3O6. The van der Waals surface area contributed by atoms with Crippen molar-refractivity contribution in [3.05, 3.63) is 0 Å². The van der Waals surface area contributed by atoms with Gasteiger partial charge in [-0.1, -0.05) is 0 Å². The predicted octanol–water partition coefficient (Wildman–Crippen LogP) is 1.21. The highest BCUT2D eigenvalue weighted by molar-refractivity contribution is 5.92. The van der Waals surface area contributed by atoms with E-state index in [0.717, 1.165) is 12.8 Å². The van der Waals surface area contributed by atoms with Crippen LogP contribution in [0.15, 0.2) is 0 Å². The molecule has 9 nitrogen and oxygen atoms in total. The Morgan fingerprint density at radius 2 is 1.78 bits per heavy atom. The van der Waals surface area contributed by atoms with Crippen molar-refractivity contribution in [3.63, 3.8) is 0 Å². The van der Waals surface area contributed by atoms with Gasteiger partial charge >= 0.3 is 12.1 Å². The van der Waals surface area contributed by atoms with E-state index in [0.29, 0.717) is 13.0 Å². The molecule has 0 aromatic rings. The van der Waals surface area contributed by atoms with Crippen LogP contribution in [0.1, 0.15) is 53.9 Å². The fraction of sp³-hybridized carbons (Fsp3) is 0.778. The Hall–Kier alpha value is -2.32. The van der Waals surface area contributed by atoms with Gasteiger partial charge in [0.2, 0.25) is 11.8 Å². The van der Waals surface area contributed by atoms with Crippen molar-refractivity contribution in [1.82, 2.24) is 15.1 Å². The molecule has 0 unspecified atom stereocenters. The molecule has 0 radical (unpaired) electrons. The van der Waals surface area contributed by atoms with Gasteiger partial charge in [-0.2, -0.15) is 0 Å². The predicted molar refractivity (Wildman–Crippen MR) is 98.1 cm³/mol. The number of nitrogens with zero attached hydrogens (tertiary/aromatic N) is 2. The van der Waals surface area contributed by atoms with E-state index in [4.69, 9.17) is 9.84 Å². The standard InChI is InChI=1S/C18H31N3O6/c1-11(16(24)25)19-14(22)12(2)20(6)15(23)13-9-7-8-10-21(13)17(26)27-18(3,4)5/h11-13H,7-10H2,1-6H3,(H,19,22)(H,24,25)/t11-,12-,13-/m0/s1. The average Bonchev–Trinajstić information content (AvgIpc) is 2.58. The van der Waals surface area contributed by atoms with Crippen LogP contribution in [0, 0.1) is 0 Å². The van der Waals surface area contributed by atoms with Crippen molar-refractivity contribution in [1.29, 1.82) is 0 Å². The number of piperidine rings is 1. The molecule has 1 fully saturated rings. The van der Waals surface area contributed by atoms with Crippen LogP contribution in [0.2, 0.25) is 0 Å². The summed E-state index contributed by atoms with van der Waals surface area (Å²) in [4.78, 5) is 51.2. The Kier molecular flexibility index (Phi) is 7.62. The van der Waals surface area contributed by atoms with Crippen LogP contribution < -0.4 is 5.32 Å². The van der Waals surface area contributed by atoms with Crippen molar-refractivity contribution < 1.29 is 29.0 Å². The first-order valence-electron chi connectivity index (χ1n) is 9.14. The smallest absolute Gasteiger partial charge is 0.410 e. The summed E-state index contributed by atoms with van der Waals surface area (Å²) in [6, 6.07) is -2.64. The van der Waals surface area contributed by atoms with Gasteiger partial charge in [0, 0.05) is 13.6 Å². The first kappa shape index (κ1) is 22.7. The largest absolute Gasteiger partial charge is 0.480 e. The van der Waals surface area contributed by atoms with E-state index < -0.39 is 41.7 Å². The first-order valence-corrected chi connectivity index (χ1v) is 9.14. The highest BCUT2D eigenvalue weighted by Crippen LogP contribution is 2.22. The van der Waals surface area contributed by atoms with Crippen LogP contribution in [-0.2, 0) is 19.1 Å².